The SMILES string of the molecule is O=C(Nc1cccc(/C=C/c2ccccn2)c1)c1cn(-c2ccccc2)nn1. The minimum Gasteiger partial charge on any atom is -0.321 e. The lowest BCUT2D eigenvalue weighted by molar-refractivity contribution is 0.102. The van der Waals surface area contributed by atoms with Gasteiger partial charge in [-0.05, 0) is 48.0 Å². The Kier molecular flexibility index (Phi) is 5.02. The van der Waals surface area contributed by atoms with Crippen molar-refractivity contribution in [3.8, 4) is 5.69 Å². The summed E-state index contributed by atoms with van der Waals surface area (Å²) in [6.07, 6.45) is 7.23. The minimum absolute atomic E-state index is 0.248. The molecule has 0 atom stereocenters. The Morgan fingerprint density at radius 1 is 0.929 bits per heavy atom. The molecular formula is C22H17N5O. The molecule has 2 aromatic carbocycles. The normalized spacial score (nSPS) is 10.9. The Hall–Kier alpha value is -4.06. The fourth-order valence-electron chi connectivity index (χ4n) is 2.65. The van der Waals surface area contributed by atoms with Crippen LogP contribution >= 0.6 is 0 Å². The summed E-state index contributed by atoms with van der Waals surface area (Å²) in [4.78, 5) is 16.8. The molecule has 4 rings (SSSR count). The highest BCUT2D eigenvalue weighted by Crippen LogP contribution is 2.15. The van der Waals surface area contributed by atoms with E-state index in [0.717, 1.165) is 16.9 Å². The molecule has 0 saturated heterocycles. The number of carbonyl (C=O) groups is 1. The monoisotopic (exact) mass is 367 g/mol. The molecule has 0 spiro atoms. The average Bonchev–Trinajstić information content (AvgIpc) is 3.25. The largest absolute Gasteiger partial charge is 0.321 e. The lowest BCUT2D eigenvalue weighted by Crippen LogP contribution is -2.12. The van der Waals surface area contributed by atoms with Crippen LogP contribution in [0.3, 0.4) is 0 Å². The van der Waals surface area contributed by atoms with Crippen LogP contribution in [0.5, 0.6) is 0 Å². The summed E-state index contributed by atoms with van der Waals surface area (Å²) in [6.45, 7) is 0. The van der Waals surface area contributed by atoms with Gasteiger partial charge in [-0.3, -0.25) is 9.78 Å². The van der Waals surface area contributed by atoms with E-state index in [1.165, 1.54) is 0 Å². The first kappa shape index (κ1) is 17.4. The van der Waals surface area contributed by atoms with Gasteiger partial charge in [0.15, 0.2) is 5.69 Å². The van der Waals surface area contributed by atoms with Gasteiger partial charge >= 0.3 is 0 Å². The van der Waals surface area contributed by atoms with Gasteiger partial charge in [-0.1, -0.05) is 47.7 Å². The molecule has 136 valence electrons. The second kappa shape index (κ2) is 8.09. The smallest absolute Gasteiger partial charge is 0.277 e. The highest BCUT2D eigenvalue weighted by Gasteiger charge is 2.11. The summed E-state index contributed by atoms with van der Waals surface area (Å²) in [5.74, 6) is -0.312. The summed E-state index contributed by atoms with van der Waals surface area (Å²) in [5.41, 5.74) is 3.60. The van der Waals surface area contributed by atoms with Crippen molar-refractivity contribution >= 4 is 23.7 Å². The van der Waals surface area contributed by atoms with Crippen LogP contribution in [0.15, 0.2) is 85.2 Å². The molecule has 0 saturated carbocycles. The van der Waals surface area contributed by atoms with E-state index in [1.807, 2.05) is 84.9 Å². The number of para-hydroxylation sites is 1. The van der Waals surface area contributed by atoms with Crippen molar-refractivity contribution in [1.29, 1.82) is 0 Å². The van der Waals surface area contributed by atoms with Crippen molar-refractivity contribution in [2.45, 2.75) is 0 Å². The second-order valence-electron chi connectivity index (χ2n) is 6.05. The zero-order valence-electron chi connectivity index (χ0n) is 14.9. The standard InChI is InChI=1S/C22H17N5O/c28-22(21-16-27(26-25-21)20-10-2-1-3-11-20)24-19-9-6-7-17(15-19)12-13-18-8-4-5-14-23-18/h1-16H,(H,24,28)/b13-12+. The molecule has 4 aromatic rings. The number of nitrogens with zero attached hydrogens (tertiary/aromatic N) is 4. The zero-order valence-corrected chi connectivity index (χ0v) is 14.9. The summed E-state index contributed by atoms with van der Waals surface area (Å²) in [7, 11) is 0. The van der Waals surface area contributed by atoms with E-state index in [4.69, 9.17) is 0 Å². The number of pyridine rings is 1. The zero-order chi connectivity index (χ0) is 19.2. The molecule has 0 unspecified atom stereocenters. The molecule has 0 fully saturated rings. The summed E-state index contributed by atoms with van der Waals surface area (Å²) >= 11 is 0. The number of aromatic nitrogens is 4. The molecule has 0 aliphatic heterocycles. The number of nitrogens with one attached hydrogen (secondary N) is 1. The number of anilines is 1. The Bertz CT molecular complexity index is 1100. The van der Waals surface area contributed by atoms with Crippen molar-refractivity contribution in [2.24, 2.45) is 0 Å². The maximum Gasteiger partial charge on any atom is 0.277 e. The van der Waals surface area contributed by atoms with Crippen LogP contribution in [0, 0.1) is 0 Å². The molecule has 6 heteroatoms. The third kappa shape index (κ3) is 4.19. The molecule has 0 bridgehead atoms. The first-order valence-corrected chi connectivity index (χ1v) is 8.76. The number of amides is 1. The molecule has 0 aliphatic carbocycles. The number of hydrogen-bond donors (Lipinski definition) is 1. The van der Waals surface area contributed by atoms with Crippen molar-refractivity contribution in [2.75, 3.05) is 5.32 Å². The Morgan fingerprint density at radius 3 is 2.61 bits per heavy atom. The lowest BCUT2D eigenvalue weighted by atomic mass is 10.1. The van der Waals surface area contributed by atoms with Gasteiger partial charge in [-0.2, -0.15) is 0 Å². The van der Waals surface area contributed by atoms with Gasteiger partial charge in [0, 0.05) is 11.9 Å². The second-order valence-corrected chi connectivity index (χ2v) is 6.05. The van der Waals surface area contributed by atoms with Crippen LogP contribution < -0.4 is 5.32 Å². The van der Waals surface area contributed by atoms with Gasteiger partial charge in [-0.25, -0.2) is 4.68 Å². The molecule has 2 aromatic heterocycles. The molecule has 0 radical (unpaired) electrons. The van der Waals surface area contributed by atoms with Gasteiger partial charge in [0.2, 0.25) is 0 Å². The Morgan fingerprint density at radius 2 is 1.79 bits per heavy atom. The minimum atomic E-state index is -0.312. The van der Waals surface area contributed by atoms with Gasteiger partial charge in [0.1, 0.15) is 0 Å². The summed E-state index contributed by atoms with van der Waals surface area (Å²) in [5, 5.41) is 10.8. The van der Waals surface area contributed by atoms with Crippen LogP contribution in [-0.2, 0) is 0 Å². The first-order valence-electron chi connectivity index (χ1n) is 8.76. The van der Waals surface area contributed by atoms with Crippen LogP contribution in [0.2, 0.25) is 0 Å². The van der Waals surface area contributed by atoms with Gasteiger partial charge < -0.3 is 5.32 Å². The Balaban J connectivity index is 1.46. The predicted octanol–water partition coefficient (Wildman–Crippen LogP) is 4.09. The van der Waals surface area contributed by atoms with Gasteiger partial charge in [-0.15, -0.1) is 5.10 Å². The van der Waals surface area contributed by atoms with Crippen LogP contribution in [0.25, 0.3) is 17.8 Å². The van der Waals surface area contributed by atoms with Crippen LogP contribution in [0.4, 0.5) is 5.69 Å². The van der Waals surface area contributed by atoms with Gasteiger partial charge in [0.25, 0.3) is 5.91 Å². The van der Waals surface area contributed by atoms with Crippen molar-refractivity contribution in [3.05, 3.63) is 102 Å². The average molecular weight is 367 g/mol. The van der Waals surface area contributed by atoms with Crippen molar-refractivity contribution in [3.63, 3.8) is 0 Å². The van der Waals surface area contributed by atoms with E-state index in [0.29, 0.717) is 5.69 Å². The maximum absolute atomic E-state index is 12.5. The number of benzene rings is 2. The van der Waals surface area contributed by atoms with E-state index in [1.54, 1.807) is 17.1 Å². The highest BCUT2D eigenvalue weighted by molar-refractivity contribution is 6.02. The van der Waals surface area contributed by atoms with E-state index in [9.17, 15) is 4.79 Å². The maximum atomic E-state index is 12.5. The molecule has 1 N–H and O–H groups in total. The van der Waals surface area contributed by atoms with E-state index in [-0.39, 0.29) is 11.6 Å². The molecule has 0 aliphatic rings. The van der Waals surface area contributed by atoms with E-state index in [2.05, 4.69) is 20.6 Å². The van der Waals surface area contributed by atoms with Crippen LogP contribution in [0.1, 0.15) is 21.7 Å². The molecule has 28 heavy (non-hydrogen) atoms. The quantitative estimate of drug-likeness (QED) is 0.577. The fraction of sp³-hybridized carbons (Fsp3) is 0. The number of hydrogen-bond acceptors (Lipinski definition) is 4. The third-order valence-electron chi connectivity index (χ3n) is 4.03. The fourth-order valence-corrected chi connectivity index (χ4v) is 2.65. The van der Waals surface area contributed by atoms with Crippen LogP contribution in [-0.4, -0.2) is 25.9 Å². The first-order chi connectivity index (χ1) is 13.8. The lowest BCUT2D eigenvalue weighted by Gasteiger charge is -2.04. The number of carbonyl (C=O) groups excluding carboxylic acids is 1. The molecule has 6 nitrogen and oxygen atoms in total. The molecule has 1 amide bonds. The highest BCUT2D eigenvalue weighted by atomic mass is 16.2. The van der Waals surface area contributed by atoms with Crippen molar-refractivity contribution in [1.82, 2.24) is 20.0 Å². The molecule has 2 heterocycles. The van der Waals surface area contributed by atoms with Gasteiger partial charge in [0.05, 0.1) is 17.6 Å². The van der Waals surface area contributed by atoms with Crippen molar-refractivity contribution < 1.29 is 4.79 Å². The molecular weight excluding hydrogens is 350 g/mol. The van der Waals surface area contributed by atoms with E-state index < -0.39 is 0 Å². The van der Waals surface area contributed by atoms with E-state index >= 15 is 0 Å². The summed E-state index contributed by atoms with van der Waals surface area (Å²) in [6, 6.07) is 22.8. The topological polar surface area (TPSA) is 72.7 Å². The summed E-state index contributed by atoms with van der Waals surface area (Å²) < 4.78 is 1.57. The predicted molar refractivity (Wildman–Crippen MR) is 109 cm³/mol. The number of rotatable bonds is 5. The Labute approximate surface area is 162 Å². The third-order valence-corrected chi connectivity index (χ3v) is 4.03.